The molecular formula is C7H3BrF4N2O. The molecule has 0 saturated heterocycles. The topological polar surface area (TPSA) is 58.6 Å². The van der Waals surface area contributed by atoms with E-state index in [2.05, 4.69) is 21.1 Å². The molecule has 0 radical (unpaired) electrons. The molecule has 8 heteroatoms. The van der Waals surface area contributed by atoms with Crippen LogP contribution in [0, 0.1) is 23.3 Å². The highest BCUT2D eigenvalue weighted by Crippen LogP contribution is 2.27. The van der Waals surface area contributed by atoms with Crippen LogP contribution in [0.4, 0.5) is 17.6 Å². The zero-order chi connectivity index (χ0) is 11.7. The molecule has 0 aliphatic heterocycles. The Labute approximate surface area is 89.3 Å². The highest BCUT2D eigenvalue weighted by atomic mass is 79.9. The summed E-state index contributed by atoms with van der Waals surface area (Å²) in [6, 6.07) is 0. The van der Waals surface area contributed by atoms with Gasteiger partial charge in [-0.15, -0.1) is 0 Å². The monoisotopic (exact) mass is 286 g/mol. The third-order valence-corrected chi connectivity index (χ3v) is 2.27. The highest BCUT2D eigenvalue weighted by molar-refractivity contribution is 9.10. The highest BCUT2D eigenvalue weighted by Gasteiger charge is 2.26. The Morgan fingerprint density at radius 2 is 1.47 bits per heavy atom. The molecule has 3 nitrogen and oxygen atoms in total. The zero-order valence-electron chi connectivity index (χ0n) is 6.86. The summed E-state index contributed by atoms with van der Waals surface area (Å²) in [5.74, 6) is -7.85. The van der Waals surface area contributed by atoms with Crippen LogP contribution in [0.5, 0.6) is 0 Å². The van der Waals surface area contributed by atoms with Gasteiger partial charge in [0.2, 0.25) is 0 Å². The summed E-state index contributed by atoms with van der Waals surface area (Å²) in [5.41, 5.74) is 3.60. The molecule has 0 spiro atoms. The minimum Gasteiger partial charge on any atom is -0.409 e. The second-order valence-corrected chi connectivity index (χ2v) is 3.22. The van der Waals surface area contributed by atoms with Crippen molar-refractivity contribution in [3.05, 3.63) is 33.3 Å². The Morgan fingerprint density at radius 1 is 1.07 bits per heavy atom. The summed E-state index contributed by atoms with van der Waals surface area (Å²) in [7, 11) is 0. The smallest absolute Gasteiger partial charge is 0.176 e. The molecule has 0 aromatic heterocycles. The summed E-state index contributed by atoms with van der Waals surface area (Å²) < 4.78 is 50.9. The molecule has 15 heavy (non-hydrogen) atoms. The lowest BCUT2D eigenvalue weighted by molar-refractivity contribution is 0.317. The largest absolute Gasteiger partial charge is 0.409 e. The van der Waals surface area contributed by atoms with Crippen molar-refractivity contribution in [2.75, 3.05) is 0 Å². The van der Waals surface area contributed by atoms with Crippen LogP contribution in [0.25, 0.3) is 0 Å². The molecule has 82 valence electrons. The van der Waals surface area contributed by atoms with Crippen LogP contribution >= 0.6 is 15.9 Å². The van der Waals surface area contributed by atoms with Gasteiger partial charge < -0.3 is 10.9 Å². The number of benzene rings is 1. The lowest BCUT2D eigenvalue weighted by atomic mass is 10.1. The second kappa shape index (κ2) is 4.05. The molecule has 0 atom stereocenters. The molecule has 0 aliphatic carbocycles. The van der Waals surface area contributed by atoms with E-state index < -0.39 is 39.1 Å². The molecule has 1 aromatic rings. The number of nitrogens with zero attached hydrogens (tertiary/aromatic N) is 1. The predicted octanol–water partition coefficient (Wildman–Crippen LogP) is 2.10. The van der Waals surface area contributed by atoms with Gasteiger partial charge in [0.25, 0.3) is 0 Å². The number of hydrogen-bond donors (Lipinski definition) is 2. The third kappa shape index (κ3) is 1.76. The van der Waals surface area contributed by atoms with Crippen molar-refractivity contribution in [2.24, 2.45) is 10.9 Å². The van der Waals surface area contributed by atoms with Crippen molar-refractivity contribution in [2.45, 2.75) is 0 Å². The average Bonchev–Trinajstić information content (AvgIpc) is 2.23. The van der Waals surface area contributed by atoms with Crippen molar-refractivity contribution >= 4 is 21.8 Å². The van der Waals surface area contributed by atoms with Crippen LogP contribution in [0.1, 0.15) is 5.56 Å². The summed E-state index contributed by atoms with van der Waals surface area (Å²) in [6.07, 6.45) is 0. The molecule has 0 amide bonds. The Hall–Kier alpha value is -1.31. The maximum Gasteiger partial charge on any atom is 0.176 e. The SMILES string of the molecule is NC(=NO)c1c(F)c(F)c(Br)c(F)c1F. The van der Waals surface area contributed by atoms with Gasteiger partial charge in [-0.1, -0.05) is 5.16 Å². The van der Waals surface area contributed by atoms with Crippen molar-refractivity contribution in [1.82, 2.24) is 0 Å². The minimum atomic E-state index is -1.74. The van der Waals surface area contributed by atoms with Gasteiger partial charge in [0.1, 0.15) is 0 Å². The average molecular weight is 287 g/mol. The van der Waals surface area contributed by atoms with Crippen LogP contribution in [0.3, 0.4) is 0 Å². The quantitative estimate of drug-likeness (QED) is 0.158. The molecule has 3 N–H and O–H groups in total. The van der Waals surface area contributed by atoms with Crippen molar-refractivity contribution in [3.63, 3.8) is 0 Å². The van der Waals surface area contributed by atoms with E-state index in [4.69, 9.17) is 10.9 Å². The fraction of sp³-hybridized carbons (Fsp3) is 0. The van der Waals surface area contributed by atoms with Gasteiger partial charge >= 0.3 is 0 Å². The standard InChI is InChI=1S/C7H3BrF4N2O/c8-2-5(11)3(9)1(7(13)14-15)4(10)6(2)12/h15H,(H2,13,14). The number of halogens is 5. The van der Waals surface area contributed by atoms with Gasteiger partial charge in [0.05, 0.1) is 10.0 Å². The van der Waals surface area contributed by atoms with Crippen LogP contribution in [-0.2, 0) is 0 Å². The normalized spacial score (nSPS) is 11.9. The van der Waals surface area contributed by atoms with E-state index in [-0.39, 0.29) is 0 Å². The van der Waals surface area contributed by atoms with E-state index in [1.54, 1.807) is 0 Å². The molecule has 1 aromatic carbocycles. The lowest BCUT2D eigenvalue weighted by Gasteiger charge is -2.06. The maximum atomic E-state index is 13.1. The number of amidine groups is 1. The number of oxime groups is 1. The first-order valence-corrected chi connectivity index (χ1v) is 4.20. The number of rotatable bonds is 1. The van der Waals surface area contributed by atoms with E-state index in [0.717, 1.165) is 0 Å². The minimum absolute atomic E-state index is 0.994. The van der Waals surface area contributed by atoms with E-state index in [1.165, 1.54) is 0 Å². The number of hydrogen-bond acceptors (Lipinski definition) is 2. The molecule has 0 saturated carbocycles. The first-order valence-electron chi connectivity index (χ1n) is 3.41. The molecular weight excluding hydrogens is 284 g/mol. The second-order valence-electron chi connectivity index (χ2n) is 2.43. The van der Waals surface area contributed by atoms with E-state index in [9.17, 15) is 17.6 Å². The van der Waals surface area contributed by atoms with Gasteiger partial charge in [0.15, 0.2) is 29.1 Å². The van der Waals surface area contributed by atoms with Crippen LogP contribution in [0.2, 0.25) is 0 Å². The Bertz CT molecular complexity index is 420. The van der Waals surface area contributed by atoms with Crippen molar-refractivity contribution < 1.29 is 22.8 Å². The molecule has 0 heterocycles. The molecule has 0 unspecified atom stereocenters. The summed E-state index contributed by atoms with van der Waals surface area (Å²) in [4.78, 5) is 0. The molecule has 1 rings (SSSR count). The molecule has 0 aliphatic rings. The van der Waals surface area contributed by atoms with Crippen LogP contribution in [0.15, 0.2) is 9.63 Å². The first kappa shape index (κ1) is 11.8. The van der Waals surface area contributed by atoms with Gasteiger partial charge in [-0.2, -0.15) is 0 Å². The van der Waals surface area contributed by atoms with E-state index in [1.807, 2.05) is 0 Å². The van der Waals surface area contributed by atoms with Crippen molar-refractivity contribution in [3.8, 4) is 0 Å². The molecule has 0 bridgehead atoms. The van der Waals surface area contributed by atoms with Gasteiger partial charge in [-0.25, -0.2) is 17.6 Å². The van der Waals surface area contributed by atoms with Crippen LogP contribution < -0.4 is 5.73 Å². The third-order valence-electron chi connectivity index (χ3n) is 1.57. The summed E-state index contributed by atoms with van der Waals surface area (Å²) >= 11 is 2.31. The Balaban J connectivity index is 3.67. The number of nitrogens with two attached hydrogens (primary N) is 1. The predicted molar refractivity (Wildman–Crippen MR) is 46.5 cm³/mol. The molecule has 0 fully saturated rings. The van der Waals surface area contributed by atoms with Gasteiger partial charge in [-0.05, 0) is 15.9 Å². The van der Waals surface area contributed by atoms with Gasteiger partial charge in [0, 0.05) is 0 Å². The van der Waals surface area contributed by atoms with Gasteiger partial charge in [-0.3, -0.25) is 0 Å². The van der Waals surface area contributed by atoms with Crippen molar-refractivity contribution in [1.29, 1.82) is 0 Å². The van der Waals surface area contributed by atoms with E-state index in [0.29, 0.717) is 0 Å². The fourth-order valence-electron chi connectivity index (χ4n) is 0.880. The van der Waals surface area contributed by atoms with Crippen LogP contribution in [-0.4, -0.2) is 11.0 Å². The Kier molecular flexibility index (Phi) is 3.18. The summed E-state index contributed by atoms with van der Waals surface area (Å²) in [6.45, 7) is 0. The Morgan fingerprint density at radius 3 is 1.80 bits per heavy atom. The summed E-state index contributed by atoms with van der Waals surface area (Å²) in [5, 5.41) is 10.4. The first-order chi connectivity index (χ1) is 6.91. The fourth-order valence-corrected chi connectivity index (χ4v) is 1.23. The lowest BCUT2D eigenvalue weighted by Crippen LogP contribution is -2.19. The maximum absolute atomic E-state index is 13.1. The van der Waals surface area contributed by atoms with E-state index >= 15 is 0 Å². The zero-order valence-corrected chi connectivity index (χ0v) is 8.45.